The molecule has 1 unspecified atom stereocenters. The molecule has 2 aromatic carbocycles. The highest BCUT2D eigenvalue weighted by atomic mass is 35.5. The van der Waals surface area contributed by atoms with Gasteiger partial charge < -0.3 is 5.32 Å². The highest BCUT2D eigenvalue weighted by molar-refractivity contribution is 6.42. The van der Waals surface area contributed by atoms with Crippen LogP contribution in [0.15, 0.2) is 36.4 Å². The predicted octanol–water partition coefficient (Wildman–Crippen LogP) is 5.21. The molecular formula is C14H11Cl2FN2O2. The molecule has 0 aromatic heterocycles. The van der Waals surface area contributed by atoms with Gasteiger partial charge in [0.1, 0.15) is 0 Å². The molecule has 0 spiro atoms. The number of benzene rings is 2. The standard InChI is InChI=1S/C14H11Cl2FN2O2/c1-8(10-3-2-4-11(15)14(10)16)18-13-6-5-9(19(20)21)7-12(13)17/h2-8,18H,1H3. The maximum absolute atomic E-state index is 13.8. The van der Waals surface area contributed by atoms with E-state index < -0.39 is 10.7 Å². The molecular weight excluding hydrogens is 318 g/mol. The van der Waals surface area contributed by atoms with Gasteiger partial charge in [0.05, 0.1) is 32.8 Å². The van der Waals surface area contributed by atoms with Crippen molar-refractivity contribution in [3.05, 3.63) is 67.9 Å². The molecule has 2 aromatic rings. The number of halogens is 3. The van der Waals surface area contributed by atoms with Crippen LogP contribution in [0.4, 0.5) is 15.8 Å². The van der Waals surface area contributed by atoms with Crippen LogP contribution in [0.5, 0.6) is 0 Å². The minimum Gasteiger partial charge on any atom is -0.376 e. The van der Waals surface area contributed by atoms with Gasteiger partial charge in [-0.3, -0.25) is 10.1 Å². The number of non-ortho nitro benzene ring substituents is 1. The Bertz CT molecular complexity index is 695. The molecule has 0 aliphatic rings. The molecule has 0 bridgehead atoms. The monoisotopic (exact) mass is 328 g/mol. The zero-order chi connectivity index (χ0) is 15.6. The van der Waals surface area contributed by atoms with Gasteiger partial charge in [0, 0.05) is 6.07 Å². The molecule has 1 N–H and O–H groups in total. The van der Waals surface area contributed by atoms with E-state index in [0.29, 0.717) is 15.6 Å². The van der Waals surface area contributed by atoms with Crippen LogP contribution < -0.4 is 5.32 Å². The molecule has 0 saturated carbocycles. The van der Waals surface area contributed by atoms with Crippen molar-refractivity contribution in [3.8, 4) is 0 Å². The largest absolute Gasteiger partial charge is 0.376 e. The van der Waals surface area contributed by atoms with Gasteiger partial charge in [0.25, 0.3) is 5.69 Å². The first-order valence-electron chi connectivity index (χ1n) is 6.04. The molecule has 2 rings (SSSR count). The van der Waals surface area contributed by atoms with E-state index in [9.17, 15) is 14.5 Å². The van der Waals surface area contributed by atoms with E-state index >= 15 is 0 Å². The smallest absolute Gasteiger partial charge is 0.272 e. The van der Waals surface area contributed by atoms with Gasteiger partial charge in [-0.05, 0) is 24.6 Å². The molecule has 0 fully saturated rings. The highest BCUT2D eigenvalue weighted by Gasteiger charge is 2.15. The first kappa shape index (κ1) is 15.5. The van der Waals surface area contributed by atoms with Gasteiger partial charge in [-0.1, -0.05) is 35.3 Å². The lowest BCUT2D eigenvalue weighted by atomic mass is 10.1. The molecule has 0 amide bonds. The third kappa shape index (κ3) is 3.43. The Balaban J connectivity index is 2.25. The third-order valence-corrected chi connectivity index (χ3v) is 3.82. The van der Waals surface area contributed by atoms with Crippen molar-refractivity contribution >= 4 is 34.6 Å². The Labute approximate surface area is 130 Å². The van der Waals surface area contributed by atoms with Crippen LogP contribution in [0.1, 0.15) is 18.5 Å². The lowest BCUT2D eigenvalue weighted by molar-refractivity contribution is -0.385. The van der Waals surface area contributed by atoms with Crippen LogP contribution in [0.25, 0.3) is 0 Å². The second kappa shape index (κ2) is 6.28. The molecule has 4 nitrogen and oxygen atoms in total. The summed E-state index contributed by atoms with van der Waals surface area (Å²) in [6.45, 7) is 1.79. The number of hydrogen-bond acceptors (Lipinski definition) is 3. The lowest BCUT2D eigenvalue weighted by Gasteiger charge is -2.18. The van der Waals surface area contributed by atoms with Crippen LogP contribution in [-0.2, 0) is 0 Å². The average Bonchev–Trinajstić information content (AvgIpc) is 2.43. The second-order valence-corrected chi connectivity index (χ2v) is 5.22. The Kier molecular flexibility index (Phi) is 4.65. The predicted molar refractivity (Wildman–Crippen MR) is 81.6 cm³/mol. The summed E-state index contributed by atoms with van der Waals surface area (Å²) in [7, 11) is 0. The van der Waals surface area contributed by atoms with E-state index in [2.05, 4.69) is 5.32 Å². The quantitative estimate of drug-likeness (QED) is 0.618. The summed E-state index contributed by atoms with van der Waals surface area (Å²) < 4.78 is 13.8. The fourth-order valence-corrected chi connectivity index (χ4v) is 2.37. The summed E-state index contributed by atoms with van der Waals surface area (Å²) in [5.74, 6) is -0.700. The van der Waals surface area contributed by atoms with Gasteiger partial charge >= 0.3 is 0 Å². The van der Waals surface area contributed by atoms with Crippen LogP contribution in [0, 0.1) is 15.9 Å². The van der Waals surface area contributed by atoms with Crippen molar-refractivity contribution in [2.45, 2.75) is 13.0 Å². The van der Waals surface area contributed by atoms with Crippen molar-refractivity contribution in [1.29, 1.82) is 0 Å². The molecule has 1 atom stereocenters. The Morgan fingerprint density at radius 3 is 2.62 bits per heavy atom. The number of rotatable bonds is 4. The summed E-state index contributed by atoms with van der Waals surface area (Å²) in [6.07, 6.45) is 0. The van der Waals surface area contributed by atoms with Gasteiger partial charge in [-0.2, -0.15) is 0 Å². The zero-order valence-corrected chi connectivity index (χ0v) is 12.5. The number of anilines is 1. The first-order chi connectivity index (χ1) is 9.90. The van der Waals surface area contributed by atoms with Crippen molar-refractivity contribution < 1.29 is 9.31 Å². The molecule has 0 aliphatic heterocycles. The van der Waals surface area contributed by atoms with Gasteiger partial charge in [0.15, 0.2) is 5.82 Å². The normalized spacial score (nSPS) is 12.0. The number of nitro benzene ring substituents is 1. The SMILES string of the molecule is CC(Nc1ccc([N+](=O)[O-])cc1F)c1cccc(Cl)c1Cl. The fraction of sp³-hybridized carbons (Fsp3) is 0.143. The summed E-state index contributed by atoms with van der Waals surface area (Å²) in [5, 5.41) is 14.3. The van der Waals surface area contributed by atoms with Gasteiger partial charge in [-0.15, -0.1) is 0 Å². The van der Waals surface area contributed by atoms with Gasteiger partial charge in [-0.25, -0.2) is 4.39 Å². The fourth-order valence-electron chi connectivity index (χ4n) is 1.90. The van der Waals surface area contributed by atoms with Crippen LogP contribution in [0.3, 0.4) is 0 Å². The topological polar surface area (TPSA) is 55.2 Å². The summed E-state index contributed by atoms with van der Waals surface area (Å²) in [4.78, 5) is 9.93. The molecule has 0 aliphatic carbocycles. The molecule has 0 saturated heterocycles. The van der Waals surface area contributed by atoms with Crippen molar-refractivity contribution in [1.82, 2.24) is 0 Å². The molecule has 110 valence electrons. The van der Waals surface area contributed by atoms with Crippen LogP contribution in [-0.4, -0.2) is 4.92 Å². The van der Waals surface area contributed by atoms with Crippen LogP contribution >= 0.6 is 23.2 Å². The van der Waals surface area contributed by atoms with E-state index in [1.165, 1.54) is 12.1 Å². The average molecular weight is 329 g/mol. The highest BCUT2D eigenvalue weighted by Crippen LogP contribution is 2.32. The number of nitro groups is 1. The third-order valence-electron chi connectivity index (χ3n) is 2.98. The number of nitrogens with zero attached hydrogens (tertiary/aromatic N) is 1. The van der Waals surface area contributed by atoms with Crippen molar-refractivity contribution in [2.75, 3.05) is 5.32 Å². The Hall–Kier alpha value is -1.85. The minimum atomic E-state index is -0.700. The summed E-state index contributed by atoms with van der Waals surface area (Å²) in [5.41, 5.74) is 0.567. The van der Waals surface area contributed by atoms with Crippen molar-refractivity contribution in [2.24, 2.45) is 0 Å². The second-order valence-electron chi connectivity index (χ2n) is 4.43. The zero-order valence-electron chi connectivity index (χ0n) is 10.9. The maximum atomic E-state index is 13.8. The van der Waals surface area contributed by atoms with Crippen molar-refractivity contribution in [3.63, 3.8) is 0 Å². The first-order valence-corrected chi connectivity index (χ1v) is 6.80. The van der Waals surface area contributed by atoms with E-state index in [1.807, 2.05) is 0 Å². The summed E-state index contributed by atoms with van der Waals surface area (Å²) in [6, 6.07) is 8.29. The van der Waals surface area contributed by atoms with Crippen LogP contribution in [0.2, 0.25) is 10.0 Å². The maximum Gasteiger partial charge on any atom is 0.272 e. The van der Waals surface area contributed by atoms with Gasteiger partial charge in [0.2, 0.25) is 0 Å². The number of hydrogen-bond donors (Lipinski definition) is 1. The molecule has 0 heterocycles. The van der Waals surface area contributed by atoms with E-state index in [0.717, 1.165) is 6.07 Å². The lowest BCUT2D eigenvalue weighted by Crippen LogP contribution is -2.09. The van der Waals surface area contributed by atoms with E-state index in [-0.39, 0.29) is 17.4 Å². The molecule has 21 heavy (non-hydrogen) atoms. The number of nitrogens with one attached hydrogen (secondary N) is 1. The molecule has 0 radical (unpaired) electrons. The Morgan fingerprint density at radius 1 is 1.29 bits per heavy atom. The summed E-state index contributed by atoms with van der Waals surface area (Å²) >= 11 is 12.0. The van der Waals surface area contributed by atoms with E-state index in [4.69, 9.17) is 23.2 Å². The minimum absolute atomic E-state index is 0.157. The Morgan fingerprint density at radius 2 is 2.00 bits per heavy atom. The molecule has 7 heteroatoms. The van der Waals surface area contributed by atoms with E-state index in [1.54, 1.807) is 25.1 Å².